The van der Waals surface area contributed by atoms with Gasteiger partial charge in [0.1, 0.15) is 11.7 Å². The van der Waals surface area contributed by atoms with E-state index in [2.05, 4.69) is 20.9 Å². The standard InChI is InChI=1S/C20H28BrN3O4/c1-20(2,3)28-19(26)24-10-5-6-14(12-24)18(25)23-11-8-15(13-23)27-17-16(21)7-4-9-22-17/h4,7,9,14-15H,5-6,8,10-13H2,1-3H3. The Bertz CT molecular complexity index is 722. The lowest BCUT2D eigenvalue weighted by Gasteiger charge is -2.35. The molecule has 2 aliphatic rings. The highest BCUT2D eigenvalue weighted by Crippen LogP contribution is 2.27. The molecule has 2 fully saturated rings. The molecule has 2 aliphatic heterocycles. The van der Waals surface area contributed by atoms with Crippen molar-refractivity contribution in [1.82, 2.24) is 14.8 Å². The molecule has 2 atom stereocenters. The quantitative estimate of drug-likeness (QED) is 0.700. The molecule has 154 valence electrons. The molecule has 1 aromatic rings. The second-order valence-corrected chi connectivity index (χ2v) is 9.22. The Morgan fingerprint density at radius 2 is 1.96 bits per heavy atom. The van der Waals surface area contributed by atoms with Crippen molar-refractivity contribution < 1.29 is 19.1 Å². The lowest BCUT2D eigenvalue weighted by atomic mass is 9.97. The summed E-state index contributed by atoms with van der Waals surface area (Å²) in [5.74, 6) is 0.469. The van der Waals surface area contributed by atoms with Crippen molar-refractivity contribution in [3.8, 4) is 5.88 Å². The number of halogens is 1. The van der Waals surface area contributed by atoms with Crippen LogP contribution in [0.25, 0.3) is 0 Å². The zero-order valence-corrected chi connectivity index (χ0v) is 18.3. The molecule has 0 N–H and O–H groups in total. The van der Waals surface area contributed by atoms with Crippen molar-refractivity contribution in [3.63, 3.8) is 0 Å². The predicted molar refractivity (Wildman–Crippen MR) is 108 cm³/mol. The van der Waals surface area contributed by atoms with E-state index in [-0.39, 0.29) is 24.0 Å². The minimum Gasteiger partial charge on any atom is -0.472 e. The molecule has 0 aromatic carbocycles. The summed E-state index contributed by atoms with van der Waals surface area (Å²) in [6.07, 6.45) is 3.66. The van der Waals surface area contributed by atoms with Gasteiger partial charge in [-0.1, -0.05) is 0 Å². The van der Waals surface area contributed by atoms with Crippen LogP contribution in [0.5, 0.6) is 5.88 Å². The number of aromatic nitrogens is 1. The van der Waals surface area contributed by atoms with Gasteiger partial charge in [0.05, 0.1) is 16.9 Å². The van der Waals surface area contributed by atoms with Crippen LogP contribution in [0.2, 0.25) is 0 Å². The fourth-order valence-electron chi connectivity index (χ4n) is 3.57. The topological polar surface area (TPSA) is 72.0 Å². The number of nitrogens with zero attached hydrogens (tertiary/aromatic N) is 3. The number of carbonyl (C=O) groups excluding carboxylic acids is 2. The molecule has 2 unspecified atom stereocenters. The third kappa shape index (κ3) is 5.37. The van der Waals surface area contributed by atoms with Crippen molar-refractivity contribution in [3.05, 3.63) is 22.8 Å². The highest BCUT2D eigenvalue weighted by atomic mass is 79.9. The summed E-state index contributed by atoms with van der Waals surface area (Å²) < 4.78 is 12.2. The number of piperidine rings is 1. The Kier molecular flexibility index (Phi) is 6.47. The molecular weight excluding hydrogens is 426 g/mol. The molecule has 1 aromatic heterocycles. The number of amides is 2. The molecule has 2 amide bonds. The van der Waals surface area contributed by atoms with E-state index in [1.165, 1.54) is 0 Å². The molecule has 0 bridgehead atoms. The molecule has 2 saturated heterocycles. The highest BCUT2D eigenvalue weighted by molar-refractivity contribution is 9.10. The molecule has 0 aliphatic carbocycles. The van der Waals surface area contributed by atoms with E-state index in [1.807, 2.05) is 37.8 Å². The molecule has 3 heterocycles. The molecule has 3 rings (SSSR count). The van der Waals surface area contributed by atoms with E-state index in [0.717, 1.165) is 23.7 Å². The van der Waals surface area contributed by atoms with Crippen molar-refractivity contribution in [2.45, 2.75) is 51.7 Å². The second-order valence-electron chi connectivity index (χ2n) is 8.37. The monoisotopic (exact) mass is 453 g/mol. The van der Waals surface area contributed by atoms with E-state index in [1.54, 1.807) is 11.1 Å². The van der Waals surface area contributed by atoms with Crippen molar-refractivity contribution >= 4 is 27.9 Å². The van der Waals surface area contributed by atoms with E-state index in [9.17, 15) is 9.59 Å². The maximum atomic E-state index is 13.0. The number of ether oxygens (including phenoxy) is 2. The Balaban J connectivity index is 1.54. The van der Waals surface area contributed by atoms with E-state index < -0.39 is 5.60 Å². The van der Waals surface area contributed by atoms with Crippen LogP contribution in [0.4, 0.5) is 4.79 Å². The van der Waals surface area contributed by atoms with Gasteiger partial charge in [0.15, 0.2) is 0 Å². The largest absolute Gasteiger partial charge is 0.472 e. The van der Waals surface area contributed by atoms with Crippen LogP contribution >= 0.6 is 15.9 Å². The Labute approximate surface area is 174 Å². The van der Waals surface area contributed by atoms with E-state index in [0.29, 0.717) is 32.1 Å². The van der Waals surface area contributed by atoms with E-state index in [4.69, 9.17) is 9.47 Å². The molecule has 28 heavy (non-hydrogen) atoms. The first-order chi connectivity index (χ1) is 13.2. The Hall–Kier alpha value is -1.83. The lowest BCUT2D eigenvalue weighted by molar-refractivity contribution is -0.136. The summed E-state index contributed by atoms with van der Waals surface area (Å²) in [6, 6.07) is 3.72. The van der Waals surface area contributed by atoms with Gasteiger partial charge in [-0.25, -0.2) is 9.78 Å². The molecule has 8 heteroatoms. The Morgan fingerprint density at radius 1 is 1.18 bits per heavy atom. The number of hydrogen-bond acceptors (Lipinski definition) is 5. The SMILES string of the molecule is CC(C)(C)OC(=O)N1CCCC(C(=O)N2CCC(Oc3ncccc3Br)C2)C1. The summed E-state index contributed by atoms with van der Waals surface area (Å²) in [4.78, 5) is 33.1. The van der Waals surface area contributed by atoms with Gasteiger partial charge in [-0.3, -0.25) is 4.79 Å². The number of carbonyl (C=O) groups is 2. The zero-order valence-electron chi connectivity index (χ0n) is 16.7. The summed E-state index contributed by atoms with van der Waals surface area (Å²) >= 11 is 3.43. The highest BCUT2D eigenvalue weighted by Gasteiger charge is 2.36. The third-order valence-electron chi connectivity index (χ3n) is 4.88. The van der Waals surface area contributed by atoms with Gasteiger partial charge >= 0.3 is 6.09 Å². The first kappa shape index (κ1) is 20.9. The van der Waals surface area contributed by atoms with Crippen LogP contribution in [-0.2, 0) is 9.53 Å². The van der Waals surface area contributed by atoms with Crippen LogP contribution in [0, 0.1) is 5.92 Å². The maximum absolute atomic E-state index is 13.0. The van der Waals surface area contributed by atoms with E-state index >= 15 is 0 Å². The third-order valence-corrected chi connectivity index (χ3v) is 5.49. The summed E-state index contributed by atoms with van der Waals surface area (Å²) in [7, 11) is 0. The fourth-order valence-corrected chi connectivity index (χ4v) is 3.92. The maximum Gasteiger partial charge on any atom is 0.410 e. The number of rotatable bonds is 3. The molecule has 0 spiro atoms. The molecular formula is C20H28BrN3O4. The van der Waals surface area contributed by atoms with Gasteiger partial charge in [0.25, 0.3) is 0 Å². The van der Waals surface area contributed by atoms with Gasteiger partial charge in [0.2, 0.25) is 11.8 Å². The van der Waals surface area contributed by atoms with Crippen LogP contribution in [0.15, 0.2) is 22.8 Å². The van der Waals surface area contributed by atoms with Crippen LogP contribution in [-0.4, -0.2) is 64.7 Å². The number of hydrogen-bond donors (Lipinski definition) is 0. The minimum absolute atomic E-state index is 0.0688. The van der Waals surface area contributed by atoms with Gasteiger partial charge in [-0.15, -0.1) is 0 Å². The number of likely N-dealkylation sites (tertiary alicyclic amines) is 2. The van der Waals surface area contributed by atoms with Gasteiger partial charge in [-0.05, 0) is 61.7 Å². The van der Waals surface area contributed by atoms with Crippen LogP contribution < -0.4 is 4.74 Å². The second kappa shape index (κ2) is 8.68. The zero-order chi connectivity index (χ0) is 20.3. The number of pyridine rings is 1. The summed E-state index contributed by atoms with van der Waals surface area (Å²) in [6.45, 7) is 7.81. The van der Waals surface area contributed by atoms with Gasteiger partial charge < -0.3 is 19.3 Å². The molecule has 7 nitrogen and oxygen atoms in total. The van der Waals surface area contributed by atoms with Crippen LogP contribution in [0.1, 0.15) is 40.0 Å². The fraction of sp³-hybridized carbons (Fsp3) is 0.650. The van der Waals surface area contributed by atoms with Gasteiger partial charge in [0, 0.05) is 32.3 Å². The van der Waals surface area contributed by atoms with Crippen molar-refractivity contribution in [2.75, 3.05) is 26.2 Å². The normalized spacial score (nSPS) is 22.9. The molecule has 0 saturated carbocycles. The smallest absolute Gasteiger partial charge is 0.410 e. The average molecular weight is 454 g/mol. The van der Waals surface area contributed by atoms with Crippen molar-refractivity contribution in [2.24, 2.45) is 5.92 Å². The molecule has 0 radical (unpaired) electrons. The van der Waals surface area contributed by atoms with Crippen molar-refractivity contribution in [1.29, 1.82) is 0 Å². The summed E-state index contributed by atoms with van der Waals surface area (Å²) in [5.41, 5.74) is -0.534. The first-order valence-corrected chi connectivity index (χ1v) is 10.6. The average Bonchev–Trinajstić information content (AvgIpc) is 3.10. The Morgan fingerprint density at radius 3 is 2.68 bits per heavy atom. The summed E-state index contributed by atoms with van der Waals surface area (Å²) in [5, 5.41) is 0. The lowest BCUT2D eigenvalue weighted by Crippen LogP contribution is -2.47. The van der Waals surface area contributed by atoms with Gasteiger partial charge in [-0.2, -0.15) is 0 Å². The van der Waals surface area contributed by atoms with Crippen LogP contribution in [0.3, 0.4) is 0 Å². The minimum atomic E-state index is -0.534. The predicted octanol–water partition coefficient (Wildman–Crippen LogP) is 3.47. The first-order valence-electron chi connectivity index (χ1n) is 9.77.